The van der Waals surface area contributed by atoms with E-state index in [1.54, 1.807) is 14.0 Å². The predicted molar refractivity (Wildman–Crippen MR) is 49.3 cm³/mol. The molecule has 0 aliphatic carbocycles. The molecule has 1 amide bonds. The highest BCUT2D eigenvalue weighted by atomic mass is 16.5. The molecule has 0 bridgehead atoms. The van der Waals surface area contributed by atoms with Gasteiger partial charge in [0.2, 0.25) is 0 Å². The van der Waals surface area contributed by atoms with Crippen LogP contribution in [0, 0.1) is 0 Å². The van der Waals surface area contributed by atoms with Gasteiger partial charge in [-0.25, -0.2) is 4.98 Å². The second-order valence-corrected chi connectivity index (χ2v) is 3.00. The fraction of sp³-hybridized carbons (Fsp3) is 0.625. The number of H-pyrrole nitrogens is 1. The molecule has 0 spiro atoms. The number of aromatic nitrogens is 3. The Labute approximate surface area is 82.3 Å². The Kier molecular flexibility index (Phi) is 3.58. The fourth-order valence-electron chi connectivity index (χ4n) is 1.02. The van der Waals surface area contributed by atoms with Crippen molar-refractivity contribution in [3.8, 4) is 0 Å². The van der Waals surface area contributed by atoms with E-state index in [9.17, 15) is 4.79 Å². The van der Waals surface area contributed by atoms with Gasteiger partial charge in [0.1, 0.15) is 18.3 Å². The normalized spacial score (nSPS) is 12.5. The van der Waals surface area contributed by atoms with Crippen molar-refractivity contribution in [3.05, 3.63) is 12.2 Å². The molecule has 1 unspecified atom stereocenters. The van der Waals surface area contributed by atoms with Crippen molar-refractivity contribution in [3.63, 3.8) is 0 Å². The minimum absolute atomic E-state index is 0.0797. The van der Waals surface area contributed by atoms with Crippen molar-refractivity contribution in [1.29, 1.82) is 0 Å². The summed E-state index contributed by atoms with van der Waals surface area (Å²) in [4.78, 5) is 17.0. The summed E-state index contributed by atoms with van der Waals surface area (Å²) in [5.41, 5.74) is 0. The van der Waals surface area contributed by atoms with E-state index in [1.807, 2.05) is 0 Å². The van der Waals surface area contributed by atoms with Crippen LogP contribution < -0.4 is 0 Å². The summed E-state index contributed by atoms with van der Waals surface area (Å²) in [5, 5.41) is 6.38. The van der Waals surface area contributed by atoms with Gasteiger partial charge in [-0.3, -0.25) is 9.89 Å². The first-order valence-corrected chi connectivity index (χ1v) is 4.27. The van der Waals surface area contributed by atoms with Gasteiger partial charge in [-0.05, 0) is 6.92 Å². The highest BCUT2D eigenvalue weighted by Crippen LogP contribution is 1.99. The zero-order valence-corrected chi connectivity index (χ0v) is 8.52. The third kappa shape index (κ3) is 2.53. The van der Waals surface area contributed by atoms with Crippen LogP contribution in [-0.4, -0.2) is 46.2 Å². The summed E-state index contributed by atoms with van der Waals surface area (Å²) in [6.45, 7) is 2.12. The molecule has 0 saturated carbocycles. The number of hydrogen-bond donors (Lipinski definition) is 1. The van der Waals surface area contributed by atoms with Gasteiger partial charge in [-0.15, -0.1) is 0 Å². The number of nitrogens with zero attached hydrogens (tertiary/aromatic N) is 3. The fourth-order valence-corrected chi connectivity index (χ4v) is 1.02. The Morgan fingerprint density at radius 1 is 1.79 bits per heavy atom. The summed E-state index contributed by atoms with van der Waals surface area (Å²) >= 11 is 0. The van der Waals surface area contributed by atoms with Crippen LogP contribution in [-0.2, 0) is 16.1 Å². The number of rotatable bonds is 4. The van der Waals surface area contributed by atoms with Crippen LogP contribution >= 0.6 is 0 Å². The van der Waals surface area contributed by atoms with E-state index in [2.05, 4.69) is 15.2 Å². The quantitative estimate of drug-likeness (QED) is 0.727. The van der Waals surface area contributed by atoms with Gasteiger partial charge in [0.25, 0.3) is 5.91 Å². The minimum atomic E-state index is -0.428. The lowest BCUT2D eigenvalue weighted by molar-refractivity contribution is -0.140. The van der Waals surface area contributed by atoms with Gasteiger partial charge in [0, 0.05) is 14.2 Å². The number of likely N-dealkylation sites (N-methyl/N-ethyl adjacent to an activating group) is 1. The second kappa shape index (κ2) is 4.71. The number of nitrogens with one attached hydrogen (secondary N) is 1. The Morgan fingerprint density at radius 2 is 2.50 bits per heavy atom. The molecule has 0 aliphatic heterocycles. The van der Waals surface area contributed by atoms with Crippen molar-refractivity contribution in [2.75, 3.05) is 14.2 Å². The van der Waals surface area contributed by atoms with Crippen molar-refractivity contribution in [2.45, 2.75) is 19.6 Å². The predicted octanol–water partition coefficient (Wildman–Crippen LogP) is -0.202. The zero-order chi connectivity index (χ0) is 10.6. The SMILES string of the molecule is COC(C)C(=O)N(C)Cc1ncn[nH]1. The standard InChI is InChI=1S/C8H14N4O2/c1-6(14-3)8(13)12(2)4-7-9-5-10-11-7/h5-6H,4H2,1-3H3,(H,9,10,11). The summed E-state index contributed by atoms with van der Waals surface area (Å²) < 4.78 is 4.91. The number of ether oxygens (including phenoxy) is 1. The maximum Gasteiger partial charge on any atom is 0.251 e. The molecule has 6 heteroatoms. The first-order chi connectivity index (χ1) is 6.65. The molecule has 0 aliphatic rings. The van der Waals surface area contributed by atoms with E-state index < -0.39 is 6.10 Å². The number of carbonyl (C=O) groups excluding carboxylic acids is 1. The lowest BCUT2D eigenvalue weighted by Gasteiger charge is -2.18. The summed E-state index contributed by atoms with van der Waals surface area (Å²) in [5.74, 6) is 0.577. The number of methoxy groups -OCH3 is 1. The molecule has 0 saturated heterocycles. The lowest BCUT2D eigenvalue weighted by atomic mass is 10.3. The highest BCUT2D eigenvalue weighted by molar-refractivity contribution is 5.80. The van der Waals surface area contributed by atoms with Gasteiger partial charge in [0.15, 0.2) is 0 Å². The van der Waals surface area contributed by atoms with Gasteiger partial charge in [-0.1, -0.05) is 0 Å². The van der Waals surface area contributed by atoms with E-state index in [-0.39, 0.29) is 5.91 Å². The van der Waals surface area contributed by atoms with Crippen LogP contribution in [0.5, 0.6) is 0 Å². The summed E-state index contributed by atoms with van der Waals surface area (Å²) in [6.07, 6.45) is 0.982. The Balaban J connectivity index is 2.50. The molecule has 1 N–H and O–H groups in total. The molecular weight excluding hydrogens is 184 g/mol. The molecule has 14 heavy (non-hydrogen) atoms. The van der Waals surface area contributed by atoms with Crippen LogP contribution in [0.2, 0.25) is 0 Å². The van der Waals surface area contributed by atoms with E-state index in [0.29, 0.717) is 12.4 Å². The van der Waals surface area contributed by atoms with Crippen LogP contribution in [0.1, 0.15) is 12.7 Å². The topological polar surface area (TPSA) is 71.1 Å². The number of carbonyl (C=O) groups is 1. The molecule has 78 valence electrons. The van der Waals surface area contributed by atoms with Crippen LogP contribution in [0.3, 0.4) is 0 Å². The molecule has 1 atom stereocenters. The third-order valence-corrected chi connectivity index (χ3v) is 1.93. The molecule has 0 aromatic carbocycles. The highest BCUT2D eigenvalue weighted by Gasteiger charge is 2.17. The largest absolute Gasteiger partial charge is 0.372 e. The molecule has 1 aromatic rings. The van der Waals surface area contributed by atoms with Crippen molar-refractivity contribution < 1.29 is 9.53 Å². The average molecular weight is 198 g/mol. The average Bonchev–Trinajstić information content (AvgIpc) is 2.68. The van der Waals surface area contributed by atoms with Gasteiger partial charge < -0.3 is 9.64 Å². The van der Waals surface area contributed by atoms with E-state index in [0.717, 1.165) is 0 Å². The first-order valence-electron chi connectivity index (χ1n) is 4.27. The van der Waals surface area contributed by atoms with E-state index in [1.165, 1.54) is 18.3 Å². The van der Waals surface area contributed by atoms with Gasteiger partial charge in [-0.2, -0.15) is 5.10 Å². The van der Waals surface area contributed by atoms with Crippen molar-refractivity contribution in [2.24, 2.45) is 0 Å². The number of aromatic amines is 1. The van der Waals surface area contributed by atoms with Crippen molar-refractivity contribution >= 4 is 5.91 Å². The second-order valence-electron chi connectivity index (χ2n) is 3.00. The van der Waals surface area contributed by atoms with Crippen LogP contribution in [0.15, 0.2) is 6.33 Å². The Hall–Kier alpha value is -1.43. The first kappa shape index (κ1) is 10.6. The van der Waals surface area contributed by atoms with E-state index in [4.69, 9.17) is 4.74 Å². The maximum atomic E-state index is 11.5. The summed E-state index contributed by atoms with van der Waals surface area (Å²) in [7, 11) is 3.20. The van der Waals surface area contributed by atoms with Crippen LogP contribution in [0.4, 0.5) is 0 Å². The van der Waals surface area contributed by atoms with E-state index >= 15 is 0 Å². The molecule has 1 heterocycles. The molecule has 1 rings (SSSR count). The maximum absolute atomic E-state index is 11.5. The lowest BCUT2D eigenvalue weighted by Crippen LogP contribution is -2.35. The number of amides is 1. The zero-order valence-electron chi connectivity index (χ0n) is 8.52. The smallest absolute Gasteiger partial charge is 0.251 e. The molecule has 0 radical (unpaired) electrons. The van der Waals surface area contributed by atoms with Crippen LogP contribution in [0.25, 0.3) is 0 Å². The molecule has 1 aromatic heterocycles. The molecular formula is C8H14N4O2. The Morgan fingerprint density at radius 3 is 3.00 bits per heavy atom. The number of hydrogen-bond acceptors (Lipinski definition) is 4. The minimum Gasteiger partial charge on any atom is -0.372 e. The van der Waals surface area contributed by atoms with Crippen molar-refractivity contribution in [1.82, 2.24) is 20.1 Å². The van der Waals surface area contributed by atoms with Gasteiger partial charge >= 0.3 is 0 Å². The van der Waals surface area contributed by atoms with Gasteiger partial charge in [0.05, 0.1) is 6.54 Å². The molecule has 0 fully saturated rings. The summed E-state index contributed by atoms with van der Waals surface area (Å²) in [6, 6.07) is 0. The Bertz CT molecular complexity index is 286. The molecule has 6 nitrogen and oxygen atoms in total. The monoisotopic (exact) mass is 198 g/mol. The third-order valence-electron chi connectivity index (χ3n) is 1.93.